The predicted molar refractivity (Wildman–Crippen MR) is 80.0 cm³/mol. The van der Waals surface area contributed by atoms with Crippen LogP contribution in [0.15, 0.2) is 17.5 Å². The first-order valence-corrected chi connectivity index (χ1v) is 7.21. The minimum Gasteiger partial charge on any atom is -0.496 e. The molecule has 0 aliphatic carbocycles. The van der Waals surface area contributed by atoms with Gasteiger partial charge in [0.2, 0.25) is 0 Å². The van der Waals surface area contributed by atoms with E-state index in [1.54, 1.807) is 18.4 Å². The molecule has 0 amide bonds. The van der Waals surface area contributed by atoms with E-state index in [1.165, 1.54) is 11.1 Å². The molecule has 1 aromatic carbocycles. The average Bonchev–Trinajstić information content (AvgIpc) is 2.73. The van der Waals surface area contributed by atoms with E-state index < -0.39 is 0 Å². The summed E-state index contributed by atoms with van der Waals surface area (Å²) < 4.78 is 5.47. The maximum atomic E-state index is 6.35. The van der Waals surface area contributed by atoms with Crippen LogP contribution in [0.25, 0.3) is 0 Å². The normalized spacial score (nSPS) is 12.5. The second kappa shape index (κ2) is 5.72. The summed E-state index contributed by atoms with van der Waals surface area (Å²) in [7, 11) is 1.69. The number of aromatic nitrogens is 1. The summed E-state index contributed by atoms with van der Waals surface area (Å²) in [5.74, 6) is 0.872. The molecule has 3 nitrogen and oxygen atoms in total. The van der Waals surface area contributed by atoms with Crippen molar-refractivity contribution in [3.63, 3.8) is 0 Å². The first-order valence-electron chi connectivity index (χ1n) is 6.33. The Morgan fingerprint density at radius 1 is 1.32 bits per heavy atom. The monoisotopic (exact) mass is 276 g/mol. The summed E-state index contributed by atoms with van der Waals surface area (Å²) in [5, 5.41) is 3.15. The van der Waals surface area contributed by atoms with E-state index in [4.69, 9.17) is 10.5 Å². The van der Waals surface area contributed by atoms with Crippen LogP contribution in [0.2, 0.25) is 0 Å². The minimum atomic E-state index is -0.0861. The highest BCUT2D eigenvalue weighted by atomic mass is 32.1. The zero-order chi connectivity index (χ0) is 14.0. The van der Waals surface area contributed by atoms with Crippen molar-refractivity contribution in [1.29, 1.82) is 0 Å². The van der Waals surface area contributed by atoms with Crippen molar-refractivity contribution in [3.8, 4) is 5.75 Å². The zero-order valence-electron chi connectivity index (χ0n) is 11.9. The first kappa shape index (κ1) is 14.0. The van der Waals surface area contributed by atoms with Gasteiger partial charge in [-0.05, 0) is 38.0 Å². The van der Waals surface area contributed by atoms with E-state index in [-0.39, 0.29) is 6.04 Å². The highest BCUT2D eigenvalue weighted by molar-refractivity contribution is 7.09. The number of hydrogen-bond donors (Lipinski definition) is 1. The summed E-state index contributed by atoms with van der Waals surface area (Å²) in [6.07, 6.45) is 0.741. The van der Waals surface area contributed by atoms with Gasteiger partial charge in [0.25, 0.3) is 0 Å². The average molecular weight is 276 g/mol. The molecule has 0 saturated heterocycles. The minimum absolute atomic E-state index is 0.0861. The smallest absolute Gasteiger partial charge is 0.124 e. The molecule has 0 saturated carbocycles. The van der Waals surface area contributed by atoms with Gasteiger partial charge < -0.3 is 10.5 Å². The number of aryl methyl sites for hydroxylation is 3. The second-order valence-corrected chi connectivity index (χ2v) is 5.93. The van der Waals surface area contributed by atoms with Gasteiger partial charge in [-0.1, -0.05) is 6.07 Å². The molecule has 1 aromatic heterocycles. The number of benzene rings is 1. The van der Waals surface area contributed by atoms with Crippen molar-refractivity contribution in [2.24, 2.45) is 5.73 Å². The molecule has 1 unspecified atom stereocenters. The fourth-order valence-electron chi connectivity index (χ4n) is 2.41. The number of nitrogens with zero attached hydrogens (tertiary/aromatic N) is 1. The Morgan fingerprint density at radius 2 is 2.05 bits per heavy atom. The van der Waals surface area contributed by atoms with Crippen LogP contribution < -0.4 is 10.5 Å². The molecule has 19 heavy (non-hydrogen) atoms. The van der Waals surface area contributed by atoms with Crippen LogP contribution in [-0.2, 0) is 6.42 Å². The molecule has 0 aliphatic heterocycles. The molecule has 0 aliphatic rings. The highest BCUT2D eigenvalue weighted by Crippen LogP contribution is 2.30. The van der Waals surface area contributed by atoms with E-state index in [0.717, 1.165) is 28.4 Å². The Balaban J connectivity index is 2.30. The molecule has 1 heterocycles. The molecule has 0 radical (unpaired) electrons. The molecule has 0 bridgehead atoms. The number of ether oxygens (including phenoxy) is 1. The van der Waals surface area contributed by atoms with Crippen LogP contribution in [0.4, 0.5) is 0 Å². The van der Waals surface area contributed by atoms with Crippen LogP contribution in [-0.4, -0.2) is 12.1 Å². The Morgan fingerprint density at radius 3 is 2.63 bits per heavy atom. The third kappa shape index (κ3) is 3.14. The summed E-state index contributed by atoms with van der Waals surface area (Å²) in [5.41, 5.74) is 10.8. The van der Waals surface area contributed by atoms with E-state index in [1.807, 2.05) is 13.0 Å². The lowest BCUT2D eigenvalue weighted by Gasteiger charge is -2.18. The van der Waals surface area contributed by atoms with Gasteiger partial charge in [-0.25, -0.2) is 4.98 Å². The van der Waals surface area contributed by atoms with Gasteiger partial charge in [-0.2, -0.15) is 0 Å². The molecular formula is C15H20N2OS. The lowest BCUT2D eigenvalue weighted by molar-refractivity contribution is 0.404. The first-order chi connectivity index (χ1) is 9.01. The van der Waals surface area contributed by atoms with Crippen molar-refractivity contribution >= 4 is 11.3 Å². The van der Waals surface area contributed by atoms with Gasteiger partial charge in [-0.3, -0.25) is 0 Å². The van der Waals surface area contributed by atoms with Crippen molar-refractivity contribution in [2.45, 2.75) is 33.2 Å². The van der Waals surface area contributed by atoms with Gasteiger partial charge in [0.1, 0.15) is 5.75 Å². The lowest BCUT2D eigenvalue weighted by Crippen LogP contribution is -2.16. The highest BCUT2D eigenvalue weighted by Gasteiger charge is 2.17. The summed E-state index contributed by atoms with van der Waals surface area (Å²) in [4.78, 5) is 4.48. The van der Waals surface area contributed by atoms with Gasteiger partial charge >= 0.3 is 0 Å². The van der Waals surface area contributed by atoms with Gasteiger partial charge in [-0.15, -0.1) is 11.3 Å². The fourth-order valence-corrected chi connectivity index (χ4v) is 3.04. The molecular weight excluding hydrogens is 256 g/mol. The fraction of sp³-hybridized carbons (Fsp3) is 0.400. The number of methoxy groups -OCH3 is 1. The number of rotatable bonds is 4. The standard InChI is InChI=1S/C15H20N2OS/c1-9-5-10(2)15(14(6-9)18-4)13(16)7-12-8-19-11(3)17-12/h5-6,8,13H,7,16H2,1-4H3. The third-order valence-electron chi connectivity index (χ3n) is 3.18. The van der Waals surface area contributed by atoms with Crippen molar-refractivity contribution in [3.05, 3.63) is 44.9 Å². The van der Waals surface area contributed by atoms with Crippen LogP contribution in [0.1, 0.15) is 33.4 Å². The van der Waals surface area contributed by atoms with E-state index in [9.17, 15) is 0 Å². The predicted octanol–water partition coefficient (Wildman–Crippen LogP) is 3.32. The van der Waals surface area contributed by atoms with E-state index in [2.05, 4.69) is 30.3 Å². The molecule has 2 rings (SSSR count). The summed E-state index contributed by atoms with van der Waals surface area (Å²) in [6.45, 7) is 6.16. The third-order valence-corrected chi connectivity index (χ3v) is 4.00. The van der Waals surface area contributed by atoms with Crippen molar-refractivity contribution in [2.75, 3.05) is 7.11 Å². The molecule has 0 fully saturated rings. The number of thiazole rings is 1. The number of nitrogens with two attached hydrogens (primary N) is 1. The van der Waals surface area contributed by atoms with E-state index >= 15 is 0 Å². The van der Waals surface area contributed by atoms with Crippen LogP contribution in [0.3, 0.4) is 0 Å². The topological polar surface area (TPSA) is 48.1 Å². The summed E-state index contributed by atoms with van der Waals surface area (Å²) in [6, 6.07) is 4.09. The second-order valence-electron chi connectivity index (χ2n) is 4.87. The molecule has 0 spiro atoms. The largest absolute Gasteiger partial charge is 0.496 e. The van der Waals surface area contributed by atoms with Gasteiger partial charge in [0.15, 0.2) is 0 Å². The zero-order valence-corrected chi connectivity index (χ0v) is 12.7. The molecule has 102 valence electrons. The SMILES string of the molecule is COc1cc(C)cc(C)c1C(N)Cc1csc(C)n1. The van der Waals surface area contributed by atoms with E-state index in [0.29, 0.717) is 0 Å². The molecule has 1 atom stereocenters. The van der Waals surface area contributed by atoms with Crippen molar-refractivity contribution < 1.29 is 4.74 Å². The molecule has 2 N–H and O–H groups in total. The van der Waals surface area contributed by atoms with Crippen LogP contribution in [0, 0.1) is 20.8 Å². The Hall–Kier alpha value is -1.39. The summed E-state index contributed by atoms with van der Waals surface area (Å²) >= 11 is 1.66. The maximum Gasteiger partial charge on any atom is 0.124 e. The van der Waals surface area contributed by atoms with Crippen LogP contribution >= 0.6 is 11.3 Å². The lowest BCUT2D eigenvalue weighted by atomic mass is 9.95. The molecule has 2 aromatic rings. The maximum absolute atomic E-state index is 6.35. The Kier molecular flexibility index (Phi) is 4.22. The quantitative estimate of drug-likeness (QED) is 0.932. The Bertz CT molecular complexity index is 578. The molecule has 4 heteroatoms. The number of hydrogen-bond acceptors (Lipinski definition) is 4. The Labute approximate surface area is 118 Å². The van der Waals surface area contributed by atoms with Gasteiger partial charge in [0.05, 0.1) is 17.8 Å². The van der Waals surface area contributed by atoms with Crippen LogP contribution in [0.5, 0.6) is 5.75 Å². The van der Waals surface area contributed by atoms with Gasteiger partial charge in [0, 0.05) is 23.4 Å². The van der Waals surface area contributed by atoms with Crippen molar-refractivity contribution in [1.82, 2.24) is 4.98 Å².